The molecule has 0 unspecified atom stereocenters. The third kappa shape index (κ3) is 4.30. The number of halogens is 1. The summed E-state index contributed by atoms with van der Waals surface area (Å²) >= 11 is 3.42. The average molecular weight is 327 g/mol. The van der Waals surface area contributed by atoms with Gasteiger partial charge in [0.2, 0.25) is 0 Å². The van der Waals surface area contributed by atoms with Gasteiger partial charge in [0, 0.05) is 30.1 Å². The SMILES string of the molecule is CN(CCNCc1ccc(C(=O)O)cc1Br)C1CC1. The van der Waals surface area contributed by atoms with Crippen LogP contribution in [-0.4, -0.2) is 42.2 Å². The Hall–Kier alpha value is -0.910. The van der Waals surface area contributed by atoms with Gasteiger partial charge in [0.25, 0.3) is 0 Å². The van der Waals surface area contributed by atoms with Gasteiger partial charge in [-0.1, -0.05) is 22.0 Å². The number of hydrogen-bond donors (Lipinski definition) is 2. The van der Waals surface area contributed by atoms with Gasteiger partial charge in [-0.05, 0) is 37.6 Å². The molecule has 2 N–H and O–H groups in total. The minimum atomic E-state index is -0.897. The minimum absolute atomic E-state index is 0.309. The molecule has 1 aliphatic carbocycles. The lowest BCUT2D eigenvalue weighted by atomic mass is 10.1. The molecule has 0 aliphatic heterocycles. The number of aromatic carboxylic acids is 1. The van der Waals surface area contributed by atoms with Crippen molar-refractivity contribution in [3.63, 3.8) is 0 Å². The van der Waals surface area contributed by atoms with Crippen LogP contribution in [0.15, 0.2) is 22.7 Å². The maximum absolute atomic E-state index is 10.8. The highest BCUT2D eigenvalue weighted by Gasteiger charge is 2.25. The Morgan fingerprint density at radius 2 is 2.26 bits per heavy atom. The summed E-state index contributed by atoms with van der Waals surface area (Å²) in [6.07, 6.45) is 2.66. The first kappa shape index (κ1) is 14.5. The van der Waals surface area contributed by atoms with E-state index in [0.29, 0.717) is 5.56 Å². The van der Waals surface area contributed by atoms with Crippen LogP contribution >= 0.6 is 15.9 Å². The Bertz CT molecular complexity index is 461. The van der Waals surface area contributed by atoms with Crippen molar-refractivity contribution in [2.45, 2.75) is 25.4 Å². The zero-order valence-electron chi connectivity index (χ0n) is 11.0. The third-order valence-corrected chi connectivity index (χ3v) is 4.17. The summed E-state index contributed by atoms with van der Waals surface area (Å²) in [4.78, 5) is 13.2. The number of benzene rings is 1. The molecule has 1 aromatic rings. The smallest absolute Gasteiger partial charge is 0.335 e. The number of carboxylic acid groups (broad SMARTS) is 1. The molecule has 0 amide bonds. The van der Waals surface area contributed by atoms with E-state index in [1.54, 1.807) is 12.1 Å². The van der Waals surface area contributed by atoms with Crippen LogP contribution in [0.2, 0.25) is 0 Å². The van der Waals surface area contributed by atoms with Crippen LogP contribution in [0.4, 0.5) is 0 Å². The highest BCUT2D eigenvalue weighted by Crippen LogP contribution is 2.24. The fourth-order valence-electron chi connectivity index (χ4n) is 2.00. The molecule has 1 fully saturated rings. The highest BCUT2D eigenvalue weighted by atomic mass is 79.9. The Labute approximate surface area is 121 Å². The van der Waals surface area contributed by atoms with Crippen molar-refractivity contribution in [1.29, 1.82) is 0 Å². The number of carboxylic acids is 1. The Balaban J connectivity index is 1.77. The zero-order valence-corrected chi connectivity index (χ0v) is 12.6. The first-order valence-corrected chi connectivity index (χ1v) is 7.30. The maximum Gasteiger partial charge on any atom is 0.335 e. The second-order valence-corrected chi connectivity index (χ2v) is 5.85. The molecule has 0 heterocycles. The summed E-state index contributed by atoms with van der Waals surface area (Å²) in [6, 6.07) is 5.93. The fraction of sp³-hybridized carbons (Fsp3) is 0.500. The minimum Gasteiger partial charge on any atom is -0.478 e. The normalized spacial score (nSPS) is 14.9. The molecule has 0 radical (unpaired) electrons. The van der Waals surface area contributed by atoms with Gasteiger partial charge < -0.3 is 15.3 Å². The van der Waals surface area contributed by atoms with Gasteiger partial charge in [0.05, 0.1) is 5.56 Å². The summed E-state index contributed by atoms with van der Waals surface area (Å²) < 4.78 is 0.843. The van der Waals surface area contributed by atoms with Crippen LogP contribution < -0.4 is 5.32 Å². The van der Waals surface area contributed by atoms with Crippen LogP contribution in [0, 0.1) is 0 Å². The van der Waals surface area contributed by atoms with Crippen molar-refractivity contribution in [2.24, 2.45) is 0 Å². The summed E-state index contributed by atoms with van der Waals surface area (Å²) in [6.45, 7) is 2.74. The van der Waals surface area contributed by atoms with Crippen LogP contribution in [0.25, 0.3) is 0 Å². The standard InChI is InChI=1S/C14H19BrN2O2/c1-17(12-4-5-12)7-6-16-9-11-3-2-10(14(18)19)8-13(11)15/h2-3,8,12,16H,4-7,9H2,1H3,(H,18,19). The molecule has 0 spiro atoms. The lowest BCUT2D eigenvalue weighted by molar-refractivity contribution is 0.0697. The molecule has 0 atom stereocenters. The first-order chi connectivity index (χ1) is 9.08. The van der Waals surface area contributed by atoms with E-state index in [1.807, 2.05) is 6.07 Å². The number of likely N-dealkylation sites (N-methyl/N-ethyl adjacent to an activating group) is 1. The van der Waals surface area contributed by atoms with E-state index in [1.165, 1.54) is 12.8 Å². The Kier molecular flexibility index (Phi) is 4.96. The van der Waals surface area contributed by atoms with Crippen molar-refractivity contribution < 1.29 is 9.90 Å². The van der Waals surface area contributed by atoms with Crippen molar-refractivity contribution in [2.75, 3.05) is 20.1 Å². The monoisotopic (exact) mass is 326 g/mol. The van der Waals surface area contributed by atoms with Crippen LogP contribution in [0.3, 0.4) is 0 Å². The average Bonchev–Trinajstić information content (AvgIpc) is 3.19. The van der Waals surface area contributed by atoms with Gasteiger partial charge in [0.1, 0.15) is 0 Å². The summed E-state index contributed by atoms with van der Waals surface area (Å²) in [5.41, 5.74) is 1.39. The molecule has 0 aromatic heterocycles. The molecule has 104 valence electrons. The molecule has 5 heteroatoms. The van der Waals surface area contributed by atoms with Gasteiger partial charge in [-0.2, -0.15) is 0 Å². The predicted molar refractivity (Wildman–Crippen MR) is 78.5 cm³/mol. The number of hydrogen-bond acceptors (Lipinski definition) is 3. The maximum atomic E-state index is 10.8. The van der Waals surface area contributed by atoms with E-state index in [-0.39, 0.29) is 0 Å². The van der Waals surface area contributed by atoms with E-state index in [4.69, 9.17) is 5.11 Å². The van der Waals surface area contributed by atoms with Gasteiger partial charge in [-0.25, -0.2) is 4.79 Å². The van der Waals surface area contributed by atoms with E-state index in [9.17, 15) is 4.79 Å². The molecule has 1 aliphatic rings. The molecule has 19 heavy (non-hydrogen) atoms. The topological polar surface area (TPSA) is 52.6 Å². The van der Waals surface area contributed by atoms with E-state index in [0.717, 1.165) is 35.7 Å². The molecular weight excluding hydrogens is 308 g/mol. The molecule has 1 saturated carbocycles. The van der Waals surface area contributed by atoms with E-state index < -0.39 is 5.97 Å². The van der Waals surface area contributed by atoms with E-state index in [2.05, 4.69) is 33.2 Å². The molecule has 1 aromatic carbocycles. The van der Waals surface area contributed by atoms with E-state index >= 15 is 0 Å². The Morgan fingerprint density at radius 3 is 2.84 bits per heavy atom. The molecule has 2 rings (SSSR count). The van der Waals surface area contributed by atoms with Gasteiger partial charge in [-0.3, -0.25) is 0 Å². The second kappa shape index (κ2) is 6.50. The van der Waals surface area contributed by atoms with Gasteiger partial charge in [0.15, 0.2) is 0 Å². The Morgan fingerprint density at radius 1 is 1.53 bits per heavy atom. The van der Waals surface area contributed by atoms with Crippen LogP contribution in [0.5, 0.6) is 0 Å². The predicted octanol–water partition coefficient (Wildman–Crippen LogP) is 2.33. The first-order valence-electron chi connectivity index (χ1n) is 6.50. The molecule has 0 saturated heterocycles. The second-order valence-electron chi connectivity index (χ2n) is 5.00. The zero-order chi connectivity index (χ0) is 13.8. The van der Waals surface area contributed by atoms with Crippen LogP contribution in [-0.2, 0) is 6.54 Å². The molecular formula is C14H19BrN2O2. The van der Waals surface area contributed by atoms with Crippen molar-refractivity contribution in [3.05, 3.63) is 33.8 Å². The molecule has 0 bridgehead atoms. The number of nitrogens with zero attached hydrogens (tertiary/aromatic N) is 1. The summed E-state index contributed by atoms with van der Waals surface area (Å²) in [5.74, 6) is -0.897. The summed E-state index contributed by atoms with van der Waals surface area (Å²) in [5, 5.41) is 12.3. The number of rotatable bonds is 7. The van der Waals surface area contributed by atoms with Gasteiger partial charge in [-0.15, -0.1) is 0 Å². The van der Waals surface area contributed by atoms with Crippen molar-refractivity contribution in [3.8, 4) is 0 Å². The van der Waals surface area contributed by atoms with Crippen molar-refractivity contribution >= 4 is 21.9 Å². The fourth-order valence-corrected chi connectivity index (χ4v) is 2.52. The number of nitrogens with one attached hydrogen (secondary N) is 1. The summed E-state index contributed by atoms with van der Waals surface area (Å²) in [7, 11) is 2.16. The van der Waals surface area contributed by atoms with Gasteiger partial charge >= 0.3 is 5.97 Å². The lowest BCUT2D eigenvalue weighted by Gasteiger charge is -2.16. The molecule has 4 nitrogen and oxygen atoms in total. The quantitative estimate of drug-likeness (QED) is 0.755. The highest BCUT2D eigenvalue weighted by molar-refractivity contribution is 9.10. The lowest BCUT2D eigenvalue weighted by Crippen LogP contribution is -2.30. The van der Waals surface area contributed by atoms with Crippen molar-refractivity contribution in [1.82, 2.24) is 10.2 Å². The largest absolute Gasteiger partial charge is 0.478 e. The number of carbonyl (C=O) groups is 1. The third-order valence-electron chi connectivity index (χ3n) is 3.43. The van der Waals surface area contributed by atoms with Crippen LogP contribution in [0.1, 0.15) is 28.8 Å².